The fourth-order valence-corrected chi connectivity index (χ4v) is 2.74. The van der Waals surface area contributed by atoms with Crippen molar-refractivity contribution < 1.29 is 14.3 Å². The number of carbonyl (C=O) groups excluding carboxylic acids is 1. The number of rotatable bonds is 3. The van der Waals surface area contributed by atoms with Crippen molar-refractivity contribution in [3.05, 3.63) is 68.9 Å². The van der Waals surface area contributed by atoms with Gasteiger partial charge in [0, 0.05) is 21.7 Å². The minimum atomic E-state index is -0.0905. The van der Waals surface area contributed by atoms with Gasteiger partial charge in [-0.2, -0.15) is 0 Å². The van der Waals surface area contributed by atoms with Crippen LogP contribution in [0.25, 0.3) is 0 Å². The lowest BCUT2D eigenvalue weighted by molar-refractivity contribution is 0.101. The highest BCUT2D eigenvalue weighted by Gasteiger charge is 2.28. The molecule has 3 rings (SSSR count). The van der Waals surface area contributed by atoms with Gasteiger partial charge in [0.2, 0.25) is 5.78 Å². The summed E-state index contributed by atoms with van der Waals surface area (Å²) < 4.78 is 11.4. The molecule has 0 saturated carbocycles. The zero-order chi connectivity index (χ0) is 16.6. The Morgan fingerprint density at radius 3 is 2.61 bits per heavy atom. The first kappa shape index (κ1) is 15.9. The van der Waals surface area contributed by atoms with Crippen LogP contribution in [0.15, 0.2) is 47.7 Å². The van der Waals surface area contributed by atoms with Crippen molar-refractivity contribution in [2.24, 2.45) is 0 Å². The Labute approximate surface area is 144 Å². The molecule has 0 bridgehead atoms. The predicted octanol–water partition coefficient (Wildman–Crippen LogP) is 5.44. The van der Waals surface area contributed by atoms with Gasteiger partial charge in [-0.1, -0.05) is 29.3 Å². The summed E-state index contributed by atoms with van der Waals surface area (Å²) in [7, 11) is 0. The van der Waals surface area contributed by atoms with E-state index in [0.717, 1.165) is 11.1 Å². The van der Waals surface area contributed by atoms with E-state index in [9.17, 15) is 4.79 Å². The lowest BCUT2D eigenvalue weighted by Crippen LogP contribution is -2.00. The van der Waals surface area contributed by atoms with Crippen molar-refractivity contribution in [2.75, 3.05) is 0 Å². The van der Waals surface area contributed by atoms with Crippen molar-refractivity contribution in [3.63, 3.8) is 0 Å². The molecule has 0 N–H and O–H groups in total. The lowest BCUT2D eigenvalue weighted by atomic mass is 10.1. The van der Waals surface area contributed by atoms with Crippen LogP contribution in [0.5, 0.6) is 11.5 Å². The van der Waals surface area contributed by atoms with Crippen LogP contribution >= 0.6 is 23.2 Å². The molecule has 0 radical (unpaired) electrons. The van der Waals surface area contributed by atoms with Crippen LogP contribution in [0.2, 0.25) is 10.0 Å². The van der Waals surface area contributed by atoms with Crippen LogP contribution in [0, 0.1) is 0 Å². The van der Waals surface area contributed by atoms with E-state index < -0.39 is 0 Å². The van der Waals surface area contributed by atoms with Crippen LogP contribution in [0.4, 0.5) is 0 Å². The summed E-state index contributed by atoms with van der Waals surface area (Å²) in [6.45, 7) is 4.00. The van der Waals surface area contributed by atoms with E-state index in [-0.39, 0.29) is 5.78 Å². The van der Waals surface area contributed by atoms with Gasteiger partial charge in [0.1, 0.15) is 18.1 Å². The first-order valence-corrected chi connectivity index (χ1v) is 7.82. The molecule has 0 amide bonds. The van der Waals surface area contributed by atoms with Crippen LogP contribution < -0.4 is 9.47 Å². The zero-order valence-corrected chi connectivity index (χ0v) is 14.2. The topological polar surface area (TPSA) is 35.5 Å². The van der Waals surface area contributed by atoms with Crippen LogP contribution in [-0.2, 0) is 6.61 Å². The number of Topliss-reactive ketones (excluding diaryl/α,β-unsaturated/α-hetero) is 1. The fraction of sp³-hybridized carbons (Fsp3) is 0.167. The molecule has 1 heterocycles. The van der Waals surface area contributed by atoms with E-state index in [1.807, 2.05) is 19.9 Å². The Hall–Kier alpha value is -1.97. The van der Waals surface area contributed by atoms with Gasteiger partial charge in [0.15, 0.2) is 5.76 Å². The number of halogens is 2. The minimum Gasteiger partial charge on any atom is -0.489 e. The van der Waals surface area contributed by atoms with Gasteiger partial charge in [-0.25, -0.2) is 0 Å². The molecule has 5 heteroatoms. The molecular weight excluding hydrogens is 335 g/mol. The minimum absolute atomic E-state index is 0.0905. The van der Waals surface area contributed by atoms with Crippen molar-refractivity contribution >= 4 is 29.0 Å². The van der Waals surface area contributed by atoms with Crippen molar-refractivity contribution in [2.45, 2.75) is 20.5 Å². The highest BCUT2D eigenvalue weighted by atomic mass is 35.5. The highest BCUT2D eigenvalue weighted by molar-refractivity contribution is 6.35. The van der Waals surface area contributed by atoms with Crippen molar-refractivity contribution in [3.8, 4) is 11.5 Å². The molecule has 118 valence electrons. The number of fused-ring (bicyclic) bond motifs is 1. The summed E-state index contributed by atoms with van der Waals surface area (Å²) in [5.41, 5.74) is 2.23. The normalized spacial score (nSPS) is 12.9. The molecule has 3 nitrogen and oxygen atoms in total. The average molecular weight is 349 g/mol. The van der Waals surface area contributed by atoms with Crippen LogP contribution in [0.3, 0.4) is 0 Å². The van der Waals surface area contributed by atoms with Gasteiger partial charge in [0.25, 0.3) is 0 Å². The van der Waals surface area contributed by atoms with E-state index in [4.69, 9.17) is 32.7 Å². The highest BCUT2D eigenvalue weighted by Crippen LogP contribution is 2.35. The van der Waals surface area contributed by atoms with Gasteiger partial charge in [-0.15, -0.1) is 0 Å². The van der Waals surface area contributed by atoms with E-state index in [2.05, 4.69) is 0 Å². The molecule has 2 aromatic carbocycles. The molecule has 0 aromatic heterocycles. The third kappa shape index (κ3) is 3.21. The molecule has 23 heavy (non-hydrogen) atoms. The molecule has 0 atom stereocenters. The summed E-state index contributed by atoms with van der Waals surface area (Å²) in [4.78, 5) is 12.2. The van der Waals surface area contributed by atoms with E-state index in [1.165, 1.54) is 0 Å². The molecule has 0 fully saturated rings. The molecule has 0 aliphatic carbocycles. The van der Waals surface area contributed by atoms with E-state index in [1.54, 1.807) is 30.3 Å². The summed E-state index contributed by atoms with van der Waals surface area (Å²) in [6.07, 6.45) is 0. The molecule has 1 aliphatic heterocycles. The first-order valence-electron chi connectivity index (χ1n) is 7.06. The predicted molar refractivity (Wildman–Crippen MR) is 90.6 cm³/mol. The van der Waals surface area contributed by atoms with Crippen molar-refractivity contribution in [1.82, 2.24) is 0 Å². The summed E-state index contributed by atoms with van der Waals surface area (Å²) in [5, 5.41) is 1.13. The van der Waals surface area contributed by atoms with E-state index >= 15 is 0 Å². The molecule has 0 spiro atoms. The van der Waals surface area contributed by atoms with Gasteiger partial charge < -0.3 is 9.47 Å². The summed E-state index contributed by atoms with van der Waals surface area (Å²) in [5.74, 6) is 1.42. The Morgan fingerprint density at radius 2 is 1.91 bits per heavy atom. The second-order valence-corrected chi connectivity index (χ2v) is 6.29. The molecule has 0 saturated heterocycles. The maximum atomic E-state index is 12.2. The second kappa shape index (κ2) is 6.26. The quantitative estimate of drug-likeness (QED) is 0.692. The lowest BCUT2D eigenvalue weighted by Gasteiger charge is -2.09. The third-order valence-electron chi connectivity index (χ3n) is 3.48. The number of hydrogen-bond donors (Lipinski definition) is 0. The Kier molecular flexibility index (Phi) is 4.33. The van der Waals surface area contributed by atoms with Crippen LogP contribution in [-0.4, -0.2) is 5.78 Å². The largest absolute Gasteiger partial charge is 0.489 e. The van der Waals surface area contributed by atoms with Gasteiger partial charge >= 0.3 is 0 Å². The van der Waals surface area contributed by atoms with Gasteiger partial charge in [-0.3, -0.25) is 4.79 Å². The standard InChI is InChI=1S/C18H14Cl2O3/c1-10(2)18-17(21)14-6-5-13(8-16(14)23-18)22-9-11-3-4-12(19)7-15(11)20/h3-8H,9H2,1-2H3. The number of benzene rings is 2. The molecule has 0 unspecified atom stereocenters. The number of allylic oxidation sites excluding steroid dienone is 2. The maximum Gasteiger partial charge on any atom is 0.231 e. The second-order valence-electron chi connectivity index (χ2n) is 5.44. The van der Waals surface area contributed by atoms with Gasteiger partial charge in [0.05, 0.1) is 5.56 Å². The summed E-state index contributed by atoms with van der Waals surface area (Å²) in [6, 6.07) is 10.4. The number of hydrogen-bond acceptors (Lipinski definition) is 3. The molecule has 2 aromatic rings. The third-order valence-corrected chi connectivity index (χ3v) is 4.07. The average Bonchev–Trinajstić information content (AvgIpc) is 2.83. The fourth-order valence-electron chi connectivity index (χ4n) is 2.27. The molecular formula is C18H14Cl2O3. The monoisotopic (exact) mass is 348 g/mol. The summed E-state index contributed by atoms with van der Waals surface area (Å²) >= 11 is 12.0. The Morgan fingerprint density at radius 1 is 1.13 bits per heavy atom. The zero-order valence-electron chi connectivity index (χ0n) is 12.7. The van der Waals surface area contributed by atoms with Crippen LogP contribution in [0.1, 0.15) is 29.8 Å². The van der Waals surface area contributed by atoms with Crippen molar-refractivity contribution in [1.29, 1.82) is 0 Å². The number of ether oxygens (including phenoxy) is 2. The Balaban J connectivity index is 1.78. The number of ketones is 1. The smallest absolute Gasteiger partial charge is 0.231 e. The maximum absolute atomic E-state index is 12.2. The Bertz CT molecular complexity index is 821. The first-order chi connectivity index (χ1) is 11.0. The number of carbonyl (C=O) groups is 1. The SMILES string of the molecule is CC(C)=C1Oc2cc(OCc3ccc(Cl)cc3Cl)ccc2C1=O. The van der Waals surface area contributed by atoms with Gasteiger partial charge in [-0.05, 0) is 43.7 Å². The molecule has 1 aliphatic rings. The van der Waals surface area contributed by atoms with E-state index in [0.29, 0.717) is 39.5 Å².